The molecular formula is C22H21ClN4O2. The standard InChI is InChI=1S/C22H21ClN4O2/c1-26-22(29)21-18(14-25-26)17-8-2-3-9-19(17)27(21)11-5-10-20(28)24-13-15-6-4-7-16(23)12-15/h2-4,6-9,12,14H,5,10-11,13H2,1H3,(H,24,28). The van der Waals surface area contributed by atoms with E-state index in [-0.39, 0.29) is 11.5 Å². The van der Waals surface area contributed by atoms with E-state index in [1.807, 2.05) is 47.0 Å². The van der Waals surface area contributed by atoms with Crippen molar-refractivity contribution in [3.05, 3.63) is 75.7 Å². The zero-order valence-electron chi connectivity index (χ0n) is 16.1. The van der Waals surface area contributed by atoms with E-state index in [0.29, 0.717) is 36.5 Å². The Labute approximate surface area is 172 Å². The number of amides is 1. The van der Waals surface area contributed by atoms with E-state index in [9.17, 15) is 9.59 Å². The number of hydrogen-bond acceptors (Lipinski definition) is 3. The normalized spacial score (nSPS) is 11.2. The van der Waals surface area contributed by atoms with Crippen molar-refractivity contribution in [1.29, 1.82) is 0 Å². The number of halogens is 1. The molecule has 0 saturated heterocycles. The van der Waals surface area contributed by atoms with Crippen molar-refractivity contribution < 1.29 is 4.79 Å². The third-order valence-corrected chi connectivity index (χ3v) is 5.27. The van der Waals surface area contributed by atoms with Gasteiger partial charge in [0, 0.05) is 47.9 Å². The van der Waals surface area contributed by atoms with Gasteiger partial charge < -0.3 is 9.88 Å². The maximum Gasteiger partial charge on any atom is 0.291 e. The Hall–Kier alpha value is -3.12. The molecule has 1 N–H and O–H groups in total. The number of nitrogens with zero attached hydrogens (tertiary/aromatic N) is 3. The van der Waals surface area contributed by atoms with Crippen molar-refractivity contribution in [1.82, 2.24) is 19.7 Å². The highest BCUT2D eigenvalue weighted by Crippen LogP contribution is 2.26. The maximum atomic E-state index is 12.7. The second kappa shape index (κ2) is 8.09. The van der Waals surface area contributed by atoms with Crippen LogP contribution in [0.3, 0.4) is 0 Å². The Morgan fingerprint density at radius 3 is 2.79 bits per heavy atom. The number of aromatic nitrogens is 3. The Kier molecular flexibility index (Phi) is 5.36. The summed E-state index contributed by atoms with van der Waals surface area (Å²) in [6.45, 7) is 1.02. The van der Waals surface area contributed by atoms with Crippen LogP contribution in [0.4, 0.5) is 0 Å². The molecule has 0 aliphatic carbocycles. The molecule has 2 heterocycles. The molecule has 0 bridgehead atoms. The predicted molar refractivity (Wildman–Crippen MR) is 115 cm³/mol. The first-order valence-electron chi connectivity index (χ1n) is 9.49. The molecule has 4 rings (SSSR count). The van der Waals surface area contributed by atoms with E-state index in [2.05, 4.69) is 10.4 Å². The van der Waals surface area contributed by atoms with E-state index < -0.39 is 0 Å². The number of carbonyl (C=O) groups excluding carboxylic acids is 1. The molecule has 1 amide bonds. The quantitative estimate of drug-likeness (QED) is 0.529. The highest BCUT2D eigenvalue weighted by Gasteiger charge is 2.15. The lowest BCUT2D eigenvalue weighted by molar-refractivity contribution is -0.121. The number of benzene rings is 2. The van der Waals surface area contributed by atoms with Gasteiger partial charge in [0.1, 0.15) is 5.52 Å². The maximum absolute atomic E-state index is 12.7. The van der Waals surface area contributed by atoms with Crippen LogP contribution < -0.4 is 10.9 Å². The summed E-state index contributed by atoms with van der Waals surface area (Å²) < 4.78 is 3.34. The van der Waals surface area contributed by atoms with Gasteiger partial charge in [0.2, 0.25) is 5.91 Å². The van der Waals surface area contributed by atoms with Crippen LogP contribution in [0.2, 0.25) is 5.02 Å². The highest BCUT2D eigenvalue weighted by atomic mass is 35.5. The molecule has 2 aromatic heterocycles. The van der Waals surface area contributed by atoms with Gasteiger partial charge in [0.25, 0.3) is 5.56 Å². The van der Waals surface area contributed by atoms with Crippen molar-refractivity contribution in [2.45, 2.75) is 25.9 Å². The van der Waals surface area contributed by atoms with Gasteiger partial charge in [0.05, 0.1) is 6.20 Å². The summed E-state index contributed by atoms with van der Waals surface area (Å²) in [5, 5.41) is 9.57. The largest absolute Gasteiger partial charge is 0.352 e. The van der Waals surface area contributed by atoms with Crippen LogP contribution in [-0.4, -0.2) is 20.3 Å². The number of aryl methyl sites for hydroxylation is 2. The summed E-state index contributed by atoms with van der Waals surface area (Å²) in [5.41, 5.74) is 2.43. The lowest BCUT2D eigenvalue weighted by atomic mass is 10.2. The number of para-hydroxylation sites is 1. The number of hydrogen-bond donors (Lipinski definition) is 1. The molecule has 148 valence electrons. The smallest absolute Gasteiger partial charge is 0.291 e. The molecule has 0 aliphatic heterocycles. The third kappa shape index (κ3) is 3.89. The molecule has 0 unspecified atom stereocenters. The molecule has 29 heavy (non-hydrogen) atoms. The summed E-state index contributed by atoms with van der Waals surface area (Å²) in [6, 6.07) is 15.3. The lowest BCUT2D eigenvalue weighted by Crippen LogP contribution is -2.23. The SMILES string of the molecule is Cn1ncc2c3ccccc3n(CCCC(=O)NCc3cccc(Cl)c3)c2c1=O. The van der Waals surface area contributed by atoms with Gasteiger partial charge in [-0.15, -0.1) is 0 Å². The fourth-order valence-corrected chi connectivity index (χ4v) is 3.82. The van der Waals surface area contributed by atoms with E-state index in [1.165, 1.54) is 4.68 Å². The van der Waals surface area contributed by atoms with Crippen LogP contribution in [0.25, 0.3) is 21.8 Å². The molecule has 0 radical (unpaired) electrons. The first-order chi connectivity index (χ1) is 14.0. The molecule has 4 aromatic rings. The van der Waals surface area contributed by atoms with Gasteiger partial charge in [-0.2, -0.15) is 5.10 Å². The monoisotopic (exact) mass is 408 g/mol. The van der Waals surface area contributed by atoms with Crippen LogP contribution in [0.1, 0.15) is 18.4 Å². The topological polar surface area (TPSA) is 68.9 Å². The zero-order valence-corrected chi connectivity index (χ0v) is 16.8. The Morgan fingerprint density at radius 2 is 1.97 bits per heavy atom. The van der Waals surface area contributed by atoms with Crippen LogP contribution >= 0.6 is 11.6 Å². The molecule has 0 fully saturated rings. The molecular weight excluding hydrogens is 388 g/mol. The van der Waals surface area contributed by atoms with Crippen molar-refractivity contribution in [2.75, 3.05) is 0 Å². The molecule has 6 nitrogen and oxygen atoms in total. The Balaban J connectivity index is 1.48. The van der Waals surface area contributed by atoms with Gasteiger partial charge in [-0.3, -0.25) is 9.59 Å². The van der Waals surface area contributed by atoms with Crippen molar-refractivity contribution >= 4 is 39.3 Å². The second-order valence-corrected chi connectivity index (χ2v) is 7.45. The van der Waals surface area contributed by atoms with Gasteiger partial charge in [-0.1, -0.05) is 41.9 Å². The summed E-state index contributed by atoms with van der Waals surface area (Å²) in [4.78, 5) is 24.9. The van der Waals surface area contributed by atoms with Crippen molar-refractivity contribution in [3.63, 3.8) is 0 Å². The number of fused-ring (bicyclic) bond motifs is 3. The number of carbonyl (C=O) groups is 1. The molecule has 7 heteroatoms. The zero-order chi connectivity index (χ0) is 20.4. The van der Waals surface area contributed by atoms with Crippen molar-refractivity contribution in [2.24, 2.45) is 7.05 Å². The van der Waals surface area contributed by atoms with Gasteiger partial charge in [-0.05, 0) is 30.2 Å². The fraction of sp³-hybridized carbons (Fsp3) is 0.227. The Bertz CT molecular complexity index is 1260. The van der Waals surface area contributed by atoms with E-state index in [4.69, 9.17) is 11.6 Å². The molecule has 0 saturated carbocycles. The van der Waals surface area contributed by atoms with E-state index in [1.54, 1.807) is 19.3 Å². The highest BCUT2D eigenvalue weighted by molar-refractivity contribution is 6.30. The number of nitrogens with one attached hydrogen (secondary N) is 1. The fourth-order valence-electron chi connectivity index (χ4n) is 3.61. The molecule has 0 atom stereocenters. The summed E-state index contributed by atoms with van der Waals surface area (Å²) in [7, 11) is 1.65. The molecule has 0 spiro atoms. The summed E-state index contributed by atoms with van der Waals surface area (Å²) in [6.07, 6.45) is 2.73. The first-order valence-corrected chi connectivity index (χ1v) is 9.87. The minimum absolute atomic E-state index is 0.0275. The minimum atomic E-state index is -0.135. The summed E-state index contributed by atoms with van der Waals surface area (Å²) >= 11 is 5.97. The molecule has 2 aromatic carbocycles. The second-order valence-electron chi connectivity index (χ2n) is 7.01. The van der Waals surface area contributed by atoms with Gasteiger partial charge in [-0.25, -0.2) is 4.68 Å². The van der Waals surface area contributed by atoms with Crippen molar-refractivity contribution in [3.8, 4) is 0 Å². The lowest BCUT2D eigenvalue weighted by Gasteiger charge is -2.09. The third-order valence-electron chi connectivity index (χ3n) is 5.03. The van der Waals surface area contributed by atoms with Gasteiger partial charge in [0.15, 0.2) is 0 Å². The summed E-state index contributed by atoms with van der Waals surface area (Å²) in [5.74, 6) is -0.0275. The van der Waals surface area contributed by atoms with Crippen LogP contribution in [0.15, 0.2) is 59.5 Å². The first kappa shape index (κ1) is 19.2. The van der Waals surface area contributed by atoms with Crippen LogP contribution in [0.5, 0.6) is 0 Å². The average molecular weight is 409 g/mol. The predicted octanol–water partition coefficient (Wildman–Crippen LogP) is 3.64. The number of rotatable bonds is 6. The average Bonchev–Trinajstić information content (AvgIpc) is 3.04. The van der Waals surface area contributed by atoms with Crippen LogP contribution in [-0.2, 0) is 24.9 Å². The molecule has 0 aliphatic rings. The van der Waals surface area contributed by atoms with Crippen LogP contribution in [0, 0.1) is 0 Å². The van der Waals surface area contributed by atoms with Gasteiger partial charge >= 0.3 is 0 Å². The Morgan fingerprint density at radius 1 is 1.14 bits per heavy atom. The van der Waals surface area contributed by atoms with E-state index in [0.717, 1.165) is 21.9 Å². The van der Waals surface area contributed by atoms with E-state index >= 15 is 0 Å². The minimum Gasteiger partial charge on any atom is -0.352 e.